The van der Waals surface area contributed by atoms with Crippen LogP contribution < -0.4 is 10.5 Å². The quantitative estimate of drug-likeness (QED) is 0.624. The Morgan fingerprint density at radius 2 is 1.56 bits per heavy atom. The number of benzene rings is 2. The second-order valence-corrected chi connectivity index (χ2v) is 3.46. The van der Waals surface area contributed by atoms with Crippen molar-refractivity contribution in [2.75, 3.05) is 5.73 Å². The summed E-state index contributed by atoms with van der Waals surface area (Å²) in [6, 6.07) is 17.0. The van der Waals surface area contributed by atoms with Crippen LogP contribution in [-0.2, 0) is 0 Å². The second kappa shape index (κ2) is 4.53. The van der Waals surface area contributed by atoms with Crippen LogP contribution in [0.3, 0.4) is 0 Å². The molecule has 80 valence electrons. The van der Waals surface area contributed by atoms with E-state index in [1.165, 1.54) is 0 Å². The van der Waals surface area contributed by atoms with Crippen molar-refractivity contribution in [2.24, 2.45) is 0 Å². The molecule has 0 aliphatic rings. The monoisotopic (exact) mass is 211 g/mol. The summed E-state index contributed by atoms with van der Waals surface area (Å²) in [4.78, 5) is 0. The Labute approximate surface area is 95.0 Å². The second-order valence-electron chi connectivity index (χ2n) is 3.46. The number of rotatable bonds is 3. The van der Waals surface area contributed by atoms with Crippen molar-refractivity contribution in [2.45, 2.75) is 0 Å². The molecule has 0 aliphatic heterocycles. The highest BCUT2D eigenvalue weighted by molar-refractivity contribution is 5.61. The van der Waals surface area contributed by atoms with Crippen LogP contribution in [-0.4, -0.2) is 0 Å². The van der Waals surface area contributed by atoms with E-state index in [1.807, 2.05) is 54.6 Å². The fourth-order valence-corrected chi connectivity index (χ4v) is 1.36. The van der Waals surface area contributed by atoms with Crippen LogP contribution in [0.4, 0.5) is 5.69 Å². The van der Waals surface area contributed by atoms with Crippen molar-refractivity contribution in [1.82, 2.24) is 0 Å². The van der Waals surface area contributed by atoms with Gasteiger partial charge >= 0.3 is 0 Å². The fraction of sp³-hybridized carbons (Fsp3) is 0. The minimum Gasteiger partial charge on any atom is -0.457 e. The molecule has 0 aliphatic carbocycles. The van der Waals surface area contributed by atoms with Gasteiger partial charge in [-0.15, -0.1) is 0 Å². The topological polar surface area (TPSA) is 35.2 Å². The van der Waals surface area contributed by atoms with Crippen molar-refractivity contribution in [3.05, 3.63) is 66.7 Å². The van der Waals surface area contributed by atoms with E-state index in [2.05, 4.69) is 6.58 Å². The summed E-state index contributed by atoms with van der Waals surface area (Å²) < 4.78 is 5.60. The largest absolute Gasteiger partial charge is 0.457 e. The van der Waals surface area contributed by atoms with Crippen molar-refractivity contribution < 1.29 is 4.74 Å². The smallest absolute Gasteiger partial charge is 0.127 e. The van der Waals surface area contributed by atoms with Crippen LogP contribution in [0.15, 0.2) is 61.2 Å². The Morgan fingerprint density at radius 3 is 2.19 bits per heavy atom. The summed E-state index contributed by atoms with van der Waals surface area (Å²) in [6.07, 6.45) is 0. The first kappa shape index (κ1) is 10.3. The standard InChI is InChI=1S/C14H13NO/c1-11(12-7-9-13(15)10-8-12)16-14-5-3-2-4-6-14/h2-10H,1,15H2. The van der Waals surface area contributed by atoms with Gasteiger partial charge in [-0.25, -0.2) is 0 Å². The summed E-state index contributed by atoms with van der Waals surface area (Å²) in [5, 5.41) is 0. The van der Waals surface area contributed by atoms with Crippen molar-refractivity contribution in [1.29, 1.82) is 0 Å². The predicted octanol–water partition coefficient (Wildman–Crippen LogP) is 3.32. The Balaban J connectivity index is 2.12. The zero-order valence-electron chi connectivity index (χ0n) is 8.89. The summed E-state index contributed by atoms with van der Waals surface area (Å²) in [6.45, 7) is 3.89. The molecule has 2 N–H and O–H groups in total. The fourth-order valence-electron chi connectivity index (χ4n) is 1.36. The number of nitrogen functional groups attached to an aromatic ring is 1. The number of ether oxygens (including phenoxy) is 1. The number of hydrogen-bond acceptors (Lipinski definition) is 2. The summed E-state index contributed by atoms with van der Waals surface area (Å²) in [5.74, 6) is 1.40. The molecule has 0 fully saturated rings. The summed E-state index contributed by atoms with van der Waals surface area (Å²) in [5.41, 5.74) is 7.27. The van der Waals surface area contributed by atoms with Crippen molar-refractivity contribution in [3.8, 4) is 5.75 Å². The molecule has 0 amide bonds. The molecule has 2 aromatic rings. The molecule has 0 saturated carbocycles. The number of anilines is 1. The van der Waals surface area contributed by atoms with Crippen LogP contribution in [0.5, 0.6) is 5.75 Å². The normalized spacial score (nSPS) is 9.75. The number of para-hydroxylation sites is 1. The van der Waals surface area contributed by atoms with Gasteiger partial charge in [0.15, 0.2) is 0 Å². The predicted molar refractivity (Wildman–Crippen MR) is 67.0 cm³/mol. The van der Waals surface area contributed by atoms with E-state index in [-0.39, 0.29) is 0 Å². The van der Waals surface area contributed by atoms with E-state index in [1.54, 1.807) is 0 Å². The Morgan fingerprint density at radius 1 is 0.938 bits per heavy atom. The molecule has 2 rings (SSSR count). The van der Waals surface area contributed by atoms with Gasteiger partial charge in [0.2, 0.25) is 0 Å². The van der Waals surface area contributed by atoms with Crippen LogP contribution >= 0.6 is 0 Å². The molecule has 0 radical (unpaired) electrons. The first-order valence-electron chi connectivity index (χ1n) is 5.03. The Kier molecular flexibility index (Phi) is 2.92. The van der Waals surface area contributed by atoms with Gasteiger partial charge in [-0.05, 0) is 36.4 Å². The van der Waals surface area contributed by atoms with Gasteiger partial charge in [0, 0.05) is 11.3 Å². The lowest BCUT2D eigenvalue weighted by molar-refractivity contribution is 0.517. The van der Waals surface area contributed by atoms with Gasteiger partial charge in [0.1, 0.15) is 11.5 Å². The molecule has 0 spiro atoms. The molecule has 2 aromatic carbocycles. The first-order chi connectivity index (χ1) is 7.75. The highest BCUT2D eigenvalue weighted by Gasteiger charge is 2.00. The highest BCUT2D eigenvalue weighted by atomic mass is 16.5. The van der Waals surface area contributed by atoms with E-state index in [4.69, 9.17) is 10.5 Å². The molecular weight excluding hydrogens is 198 g/mol. The maximum atomic E-state index is 5.61. The highest BCUT2D eigenvalue weighted by Crippen LogP contribution is 2.19. The number of nitrogens with two attached hydrogens (primary N) is 1. The molecule has 0 unspecified atom stereocenters. The molecule has 0 aromatic heterocycles. The van der Waals surface area contributed by atoms with Gasteiger partial charge in [-0.3, -0.25) is 0 Å². The lowest BCUT2D eigenvalue weighted by Gasteiger charge is -2.08. The van der Waals surface area contributed by atoms with E-state index in [0.29, 0.717) is 5.76 Å². The Bertz CT molecular complexity index is 474. The molecule has 0 saturated heterocycles. The zero-order chi connectivity index (χ0) is 11.4. The molecule has 2 heteroatoms. The van der Waals surface area contributed by atoms with Gasteiger partial charge in [-0.1, -0.05) is 24.8 Å². The maximum absolute atomic E-state index is 5.61. The molecule has 2 nitrogen and oxygen atoms in total. The SMILES string of the molecule is C=C(Oc1ccccc1)c1ccc(N)cc1. The van der Waals surface area contributed by atoms with Gasteiger partial charge in [-0.2, -0.15) is 0 Å². The number of hydrogen-bond donors (Lipinski definition) is 1. The molecule has 0 bridgehead atoms. The van der Waals surface area contributed by atoms with Gasteiger partial charge in [0.05, 0.1) is 0 Å². The van der Waals surface area contributed by atoms with Crippen molar-refractivity contribution >= 4 is 11.4 Å². The van der Waals surface area contributed by atoms with Crippen LogP contribution in [0, 0.1) is 0 Å². The minimum atomic E-state index is 0.617. The molecular formula is C14H13NO. The summed E-state index contributed by atoms with van der Waals surface area (Å²) in [7, 11) is 0. The molecule has 0 atom stereocenters. The van der Waals surface area contributed by atoms with E-state index in [9.17, 15) is 0 Å². The average Bonchev–Trinajstić information content (AvgIpc) is 2.31. The maximum Gasteiger partial charge on any atom is 0.127 e. The van der Waals surface area contributed by atoms with Crippen LogP contribution in [0.25, 0.3) is 5.76 Å². The van der Waals surface area contributed by atoms with Crippen LogP contribution in [0.2, 0.25) is 0 Å². The van der Waals surface area contributed by atoms with Crippen LogP contribution in [0.1, 0.15) is 5.56 Å². The van der Waals surface area contributed by atoms with E-state index < -0.39 is 0 Å². The summed E-state index contributed by atoms with van der Waals surface area (Å²) >= 11 is 0. The lowest BCUT2D eigenvalue weighted by atomic mass is 10.2. The Hall–Kier alpha value is -2.22. The van der Waals surface area contributed by atoms with Gasteiger partial charge < -0.3 is 10.5 Å². The third-order valence-electron chi connectivity index (χ3n) is 2.22. The minimum absolute atomic E-state index is 0.617. The third kappa shape index (κ3) is 2.42. The van der Waals surface area contributed by atoms with E-state index >= 15 is 0 Å². The third-order valence-corrected chi connectivity index (χ3v) is 2.22. The zero-order valence-corrected chi connectivity index (χ0v) is 8.89. The average molecular weight is 211 g/mol. The van der Waals surface area contributed by atoms with Gasteiger partial charge in [0.25, 0.3) is 0 Å². The lowest BCUT2D eigenvalue weighted by Crippen LogP contribution is -1.93. The molecule has 0 heterocycles. The van der Waals surface area contributed by atoms with Crippen molar-refractivity contribution in [3.63, 3.8) is 0 Å². The van der Waals surface area contributed by atoms with E-state index in [0.717, 1.165) is 17.0 Å². The first-order valence-corrected chi connectivity index (χ1v) is 5.03. The molecule has 16 heavy (non-hydrogen) atoms.